The van der Waals surface area contributed by atoms with Gasteiger partial charge >= 0.3 is 5.97 Å². The first-order valence-electron chi connectivity index (χ1n) is 4.22. The number of cyclic esters (lactones) is 1. The number of nitrogens with two attached hydrogens (primary N) is 1. The van der Waals surface area contributed by atoms with Crippen LogP contribution in [0.25, 0.3) is 0 Å². The molecule has 0 aromatic carbocycles. The fourth-order valence-corrected chi connectivity index (χ4v) is 1.30. The summed E-state index contributed by atoms with van der Waals surface area (Å²) < 4.78 is 5.03. The zero-order valence-corrected chi connectivity index (χ0v) is 6.71. The van der Waals surface area contributed by atoms with Crippen LogP contribution in [0.1, 0.15) is 32.1 Å². The van der Waals surface area contributed by atoms with Crippen molar-refractivity contribution < 1.29 is 9.53 Å². The highest BCUT2D eigenvalue weighted by molar-refractivity contribution is 5.71. The summed E-state index contributed by atoms with van der Waals surface area (Å²) >= 11 is 0. The Morgan fingerprint density at radius 3 is 2.91 bits per heavy atom. The molecule has 0 aromatic rings. The van der Waals surface area contributed by atoms with Gasteiger partial charge in [0.1, 0.15) is 6.10 Å². The zero-order valence-electron chi connectivity index (χ0n) is 6.71. The highest BCUT2D eigenvalue weighted by Gasteiger charge is 2.22. The predicted molar refractivity (Wildman–Crippen MR) is 42.0 cm³/mol. The van der Waals surface area contributed by atoms with Gasteiger partial charge in [-0.1, -0.05) is 0 Å². The molecule has 11 heavy (non-hydrogen) atoms. The Labute approximate surface area is 66.9 Å². The van der Waals surface area contributed by atoms with Crippen molar-refractivity contribution >= 4 is 5.97 Å². The topological polar surface area (TPSA) is 52.3 Å². The summed E-state index contributed by atoms with van der Waals surface area (Å²) in [6.45, 7) is 0.737. The van der Waals surface area contributed by atoms with Gasteiger partial charge in [0.2, 0.25) is 0 Å². The van der Waals surface area contributed by atoms with Crippen molar-refractivity contribution in [2.75, 3.05) is 6.54 Å². The summed E-state index contributed by atoms with van der Waals surface area (Å²) in [5.41, 5.74) is 5.33. The van der Waals surface area contributed by atoms with Crippen LogP contribution in [0.5, 0.6) is 0 Å². The number of hydrogen-bond acceptors (Lipinski definition) is 3. The first-order chi connectivity index (χ1) is 5.33. The van der Waals surface area contributed by atoms with Crippen LogP contribution in [0, 0.1) is 0 Å². The van der Waals surface area contributed by atoms with E-state index in [1.54, 1.807) is 0 Å². The highest BCUT2D eigenvalue weighted by Crippen LogP contribution is 2.18. The van der Waals surface area contributed by atoms with Crippen LogP contribution in [0.15, 0.2) is 0 Å². The van der Waals surface area contributed by atoms with E-state index in [0.717, 1.165) is 32.2 Å². The second-order valence-electron chi connectivity index (χ2n) is 2.94. The average Bonchev–Trinajstić information content (AvgIpc) is 2.37. The van der Waals surface area contributed by atoms with Crippen molar-refractivity contribution in [3.63, 3.8) is 0 Å². The Balaban J connectivity index is 2.04. The van der Waals surface area contributed by atoms with Gasteiger partial charge in [0.15, 0.2) is 0 Å². The molecule has 0 radical (unpaired) electrons. The van der Waals surface area contributed by atoms with Crippen molar-refractivity contribution in [3.8, 4) is 0 Å². The first-order valence-corrected chi connectivity index (χ1v) is 4.22. The molecule has 1 aliphatic heterocycles. The van der Waals surface area contributed by atoms with E-state index in [9.17, 15) is 4.79 Å². The molecule has 2 N–H and O–H groups in total. The predicted octanol–water partition coefficient (Wildman–Crippen LogP) is 0.821. The molecule has 1 saturated heterocycles. The quantitative estimate of drug-likeness (QED) is 0.485. The van der Waals surface area contributed by atoms with Gasteiger partial charge in [-0.15, -0.1) is 0 Å². The van der Waals surface area contributed by atoms with Crippen LogP contribution in [0.2, 0.25) is 0 Å². The molecule has 3 heteroatoms. The third-order valence-electron chi connectivity index (χ3n) is 1.95. The number of ether oxygens (including phenoxy) is 1. The Bertz CT molecular complexity index is 136. The molecule has 0 aromatic heterocycles. The molecule has 0 spiro atoms. The maximum Gasteiger partial charge on any atom is 0.306 e. The van der Waals surface area contributed by atoms with E-state index in [-0.39, 0.29) is 12.1 Å². The van der Waals surface area contributed by atoms with E-state index >= 15 is 0 Å². The molecule has 1 aliphatic rings. The van der Waals surface area contributed by atoms with Gasteiger partial charge < -0.3 is 10.5 Å². The fourth-order valence-electron chi connectivity index (χ4n) is 1.30. The van der Waals surface area contributed by atoms with Gasteiger partial charge in [0.05, 0.1) is 0 Å². The van der Waals surface area contributed by atoms with Gasteiger partial charge in [0, 0.05) is 6.42 Å². The molecule has 1 heterocycles. The van der Waals surface area contributed by atoms with Crippen molar-refractivity contribution in [1.82, 2.24) is 0 Å². The number of carbonyl (C=O) groups excluding carboxylic acids is 1. The number of hydrogen-bond donors (Lipinski definition) is 1. The lowest BCUT2D eigenvalue weighted by molar-refractivity contribution is -0.141. The van der Waals surface area contributed by atoms with E-state index in [0.29, 0.717) is 6.42 Å². The fraction of sp³-hybridized carbons (Fsp3) is 0.875. The van der Waals surface area contributed by atoms with E-state index in [1.807, 2.05) is 0 Å². The van der Waals surface area contributed by atoms with Gasteiger partial charge in [-0.05, 0) is 32.2 Å². The Kier molecular flexibility index (Phi) is 3.36. The number of unbranched alkanes of at least 4 members (excludes halogenated alkanes) is 1. The third kappa shape index (κ3) is 2.89. The minimum absolute atomic E-state index is 0.0391. The zero-order chi connectivity index (χ0) is 8.10. The molecule has 1 atom stereocenters. The molecule has 64 valence electrons. The lowest BCUT2D eigenvalue weighted by Crippen LogP contribution is -2.07. The van der Waals surface area contributed by atoms with Gasteiger partial charge in [-0.2, -0.15) is 0 Å². The second-order valence-corrected chi connectivity index (χ2v) is 2.94. The van der Waals surface area contributed by atoms with Gasteiger partial charge in [-0.3, -0.25) is 4.79 Å². The summed E-state index contributed by atoms with van der Waals surface area (Å²) in [7, 11) is 0. The maximum atomic E-state index is 10.6. The molecule has 0 aliphatic carbocycles. The van der Waals surface area contributed by atoms with E-state index < -0.39 is 0 Å². The highest BCUT2D eigenvalue weighted by atomic mass is 16.5. The van der Waals surface area contributed by atoms with Crippen molar-refractivity contribution in [2.45, 2.75) is 38.2 Å². The summed E-state index contributed by atoms with van der Waals surface area (Å²) in [6, 6.07) is 0. The third-order valence-corrected chi connectivity index (χ3v) is 1.95. The van der Waals surface area contributed by atoms with Gasteiger partial charge in [-0.25, -0.2) is 0 Å². The molecule has 1 fully saturated rings. The lowest BCUT2D eigenvalue weighted by Gasteiger charge is -2.06. The van der Waals surface area contributed by atoms with Crippen LogP contribution < -0.4 is 5.73 Å². The number of carbonyl (C=O) groups is 1. The Morgan fingerprint density at radius 2 is 2.36 bits per heavy atom. The molecule has 1 unspecified atom stereocenters. The van der Waals surface area contributed by atoms with Crippen molar-refractivity contribution in [2.24, 2.45) is 5.73 Å². The molecular weight excluding hydrogens is 142 g/mol. The number of esters is 1. The minimum atomic E-state index is -0.0391. The van der Waals surface area contributed by atoms with E-state index in [2.05, 4.69) is 0 Å². The lowest BCUT2D eigenvalue weighted by atomic mass is 10.1. The normalized spacial score (nSPS) is 23.7. The minimum Gasteiger partial charge on any atom is -0.462 e. The average molecular weight is 157 g/mol. The van der Waals surface area contributed by atoms with Crippen LogP contribution >= 0.6 is 0 Å². The van der Waals surface area contributed by atoms with Crippen molar-refractivity contribution in [3.05, 3.63) is 0 Å². The van der Waals surface area contributed by atoms with Gasteiger partial charge in [0.25, 0.3) is 0 Å². The summed E-state index contributed by atoms with van der Waals surface area (Å²) in [5.74, 6) is -0.0391. The van der Waals surface area contributed by atoms with Crippen LogP contribution in [-0.4, -0.2) is 18.6 Å². The van der Waals surface area contributed by atoms with Crippen LogP contribution in [0.4, 0.5) is 0 Å². The van der Waals surface area contributed by atoms with Crippen LogP contribution in [-0.2, 0) is 9.53 Å². The molecule has 0 amide bonds. The number of rotatable bonds is 4. The maximum absolute atomic E-state index is 10.6. The summed E-state index contributed by atoms with van der Waals surface area (Å²) in [5, 5.41) is 0. The van der Waals surface area contributed by atoms with Crippen LogP contribution in [0.3, 0.4) is 0 Å². The standard InChI is InChI=1S/C8H15NO2/c9-6-2-1-3-7-4-5-8(10)11-7/h7H,1-6,9H2. The summed E-state index contributed by atoms with van der Waals surface area (Å²) in [6.07, 6.45) is 4.80. The van der Waals surface area contributed by atoms with Crippen molar-refractivity contribution in [1.29, 1.82) is 0 Å². The Hall–Kier alpha value is -0.570. The molecule has 0 bridgehead atoms. The first kappa shape index (κ1) is 8.53. The van der Waals surface area contributed by atoms with E-state index in [1.165, 1.54) is 0 Å². The largest absolute Gasteiger partial charge is 0.462 e. The molecule has 1 rings (SSSR count). The Morgan fingerprint density at radius 1 is 1.55 bits per heavy atom. The molecule has 3 nitrogen and oxygen atoms in total. The summed E-state index contributed by atoms with van der Waals surface area (Å²) in [4.78, 5) is 10.6. The molecular formula is C8H15NO2. The smallest absolute Gasteiger partial charge is 0.306 e. The monoisotopic (exact) mass is 157 g/mol. The SMILES string of the molecule is NCCCCC1CCC(=O)O1. The van der Waals surface area contributed by atoms with E-state index in [4.69, 9.17) is 10.5 Å². The molecule has 0 saturated carbocycles. The second kappa shape index (κ2) is 4.34.